The summed E-state index contributed by atoms with van der Waals surface area (Å²) in [7, 11) is 0. The third kappa shape index (κ3) is 5.37. The van der Waals surface area contributed by atoms with Crippen LogP contribution in [0, 0.1) is 11.6 Å². The monoisotopic (exact) mass is 387 g/mol. The molecule has 132 valence electrons. The molecule has 0 amide bonds. The summed E-state index contributed by atoms with van der Waals surface area (Å²) < 4.78 is 31.4. The fourth-order valence-electron chi connectivity index (χ4n) is 1.84. The van der Waals surface area contributed by atoms with Crippen LogP contribution in [-0.4, -0.2) is 22.5 Å². The minimum atomic E-state index is -0.752. The van der Waals surface area contributed by atoms with E-state index in [4.69, 9.17) is 27.9 Å². The molecule has 0 atom stereocenters. The molecule has 2 aromatic rings. The van der Waals surface area contributed by atoms with Gasteiger partial charge in [0.25, 0.3) is 0 Å². The van der Waals surface area contributed by atoms with Gasteiger partial charge in [-0.3, -0.25) is 0 Å². The molecule has 0 bridgehead atoms. The summed E-state index contributed by atoms with van der Waals surface area (Å²) in [6, 6.07) is 3.70. The Morgan fingerprint density at radius 2 is 2.08 bits per heavy atom. The van der Waals surface area contributed by atoms with Gasteiger partial charge in [0.2, 0.25) is 0 Å². The van der Waals surface area contributed by atoms with Gasteiger partial charge in [-0.2, -0.15) is 0 Å². The van der Waals surface area contributed by atoms with E-state index in [2.05, 4.69) is 15.3 Å². The SMILES string of the molecule is CCOC(=O)C(=CNc1ccc(F)cn1)Cc1cc(F)c(Cl)nc1Cl. The lowest BCUT2D eigenvalue weighted by Gasteiger charge is -2.10. The number of nitrogens with one attached hydrogen (secondary N) is 1. The lowest BCUT2D eigenvalue weighted by atomic mass is 10.1. The van der Waals surface area contributed by atoms with Crippen molar-refractivity contribution in [3.8, 4) is 0 Å². The van der Waals surface area contributed by atoms with Crippen LogP contribution >= 0.6 is 23.2 Å². The maximum absolute atomic E-state index is 13.6. The lowest BCUT2D eigenvalue weighted by molar-refractivity contribution is -0.138. The Balaban J connectivity index is 2.26. The third-order valence-corrected chi connectivity index (χ3v) is 3.59. The van der Waals surface area contributed by atoms with Gasteiger partial charge in [-0.15, -0.1) is 0 Å². The summed E-state index contributed by atoms with van der Waals surface area (Å²) in [6.45, 7) is 1.81. The molecule has 2 aromatic heterocycles. The molecule has 0 saturated carbocycles. The Morgan fingerprint density at radius 1 is 1.32 bits per heavy atom. The zero-order chi connectivity index (χ0) is 18.4. The van der Waals surface area contributed by atoms with Gasteiger partial charge in [0, 0.05) is 12.6 Å². The van der Waals surface area contributed by atoms with E-state index in [1.54, 1.807) is 6.92 Å². The van der Waals surface area contributed by atoms with Crippen LogP contribution in [0.4, 0.5) is 14.6 Å². The van der Waals surface area contributed by atoms with Gasteiger partial charge in [0.15, 0.2) is 11.0 Å². The second-order valence-electron chi connectivity index (χ2n) is 4.78. The average Bonchev–Trinajstić information content (AvgIpc) is 2.57. The number of esters is 1. The van der Waals surface area contributed by atoms with Gasteiger partial charge in [0.05, 0.1) is 18.4 Å². The summed E-state index contributed by atoms with van der Waals surface area (Å²) >= 11 is 11.5. The minimum Gasteiger partial charge on any atom is -0.463 e. The minimum absolute atomic E-state index is 0.0264. The van der Waals surface area contributed by atoms with Crippen molar-refractivity contribution in [3.05, 3.63) is 63.7 Å². The second-order valence-corrected chi connectivity index (χ2v) is 5.50. The highest BCUT2D eigenvalue weighted by atomic mass is 35.5. The quantitative estimate of drug-likeness (QED) is 0.457. The van der Waals surface area contributed by atoms with Gasteiger partial charge in [-0.05, 0) is 30.7 Å². The van der Waals surface area contributed by atoms with E-state index in [-0.39, 0.29) is 34.5 Å². The van der Waals surface area contributed by atoms with Crippen LogP contribution in [0.2, 0.25) is 10.3 Å². The molecule has 0 saturated heterocycles. The smallest absolute Gasteiger partial charge is 0.335 e. The Kier molecular flexibility index (Phi) is 6.66. The molecule has 5 nitrogen and oxygen atoms in total. The number of aromatic nitrogens is 2. The number of nitrogens with zero attached hydrogens (tertiary/aromatic N) is 2. The maximum atomic E-state index is 13.6. The summed E-state index contributed by atoms with van der Waals surface area (Å²) in [5.74, 6) is -1.55. The number of halogens is 4. The highest BCUT2D eigenvalue weighted by Crippen LogP contribution is 2.23. The standard InChI is InChI=1S/C16H13Cl2F2N3O2/c1-2-25-16(24)10(7-21-13-4-3-11(19)8-22-13)5-9-6-12(20)15(18)23-14(9)17/h3-4,6-8H,2,5H2,1H3,(H,21,22). The summed E-state index contributed by atoms with van der Waals surface area (Å²) in [5.41, 5.74) is 0.412. The Morgan fingerprint density at radius 3 is 2.72 bits per heavy atom. The molecule has 0 radical (unpaired) electrons. The number of carbonyl (C=O) groups is 1. The van der Waals surface area contributed by atoms with Crippen molar-refractivity contribution in [2.45, 2.75) is 13.3 Å². The number of carbonyl (C=O) groups excluding carboxylic acids is 1. The number of pyridine rings is 2. The molecule has 0 aliphatic carbocycles. The number of hydrogen-bond acceptors (Lipinski definition) is 5. The van der Waals surface area contributed by atoms with Crippen LogP contribution in [0.3, 0.4) is 0 Å². The van der Waals surface area contributed by atoms with Crippen LogP contribution in [0.25, 0.3) is 0 Å². The summed E-state index contributed by atoms with van der Waals surface area (Å²) in [5, 5.41) is 2.37. The van der Waals surface area contributed by atoms with E-state index in [1.807, 2.05) is 0 Å². The van der Waals surface area contributed by atoms with E-state index in [0.29, 0.717) is 5.82 Å². The first-order chi connectivity index (χ1) is 11.9. The first-order valence-corrected chi connectivity index (χ1v) is 7.91. The lowest BCUT2D eigenvalue weighted by Crippen LogP contribution is -2.12. The largest absolute Gasteiger partial charge is 0.463 e. The van der Waals surface area contributed by atoms with Crippen molar-refractivity contribution in [1.29, 1.82) is 0 Å². The van der Waals surface area contributed by atoms with Crippen molar-refractivity contribution >= 4 is 35.0 Å². The number of anilines is 1. The number of rotatable bonds is 6. The topological polar surface area (TPSA) is 64.1 Å². The molecule has 0 aromatic carbocycles. The van der Waals surface area contributed by atoms with Crippen molar-refractivity contribution in [2.24, 2.45) is 0 Å². The van der Waals surface area contributed by atoms with E-state index in [1.165, 1.54) is 18.3 Å². The van der Waals surface area contributed by atoms with Crippen molar-refractivity contribution in [2.75, 3.05) is 11.9 Å². The molecule has 9 heteroatoms. The molecular weight excluding hydrogens is 375 g/mol. The normalized spacial score (nSPS) is 11.3. The van der Waals surface area contributed by atoms with Crippen LogP contribution in [0.15, 0.2) is 36.2 Å². The van der Waals surface area contributed by atoms with Crippen molar-refractivity contribution in [3.63, 3.8) is 0 Å². The fourth-order valence-corrected chi connectivity index (χ4v) is 2.23. The first kappa shape index (κ1) is 19.1. The zero-order valence-electron chi connectivity index (χ0n) is 13.0. The van der Waals surface area contributed by atoms with Crippen molar-refractivity contribution in [1.82, 2.24) is 9.97 Å². The molecule has 25 heavy (non-hydrogen) atoms. The Labute approximate surface area is 152 Å². The second kappa shape index (κ2) is 8.73. The molecule has 0 unspecified atom stereocenters. The van der Waals surface area contributed by atoms with Crippen molar-refractivity contribution < 1.29 is 18.3 Å². The number of hydrogen-bond donors (Lipinski definition) is 1. The molecule has 0 aliphatic rings. The van der Waals surface area contributed by atoms with Gasteiger partial charge < -0.3 is 10.1 Å². The van der Waals surface area contributed by atoms with E-state index in [9.17, 15) is 13.6 Å². The first-order valence-electron chi connectivity index (χ1n) is 7.15. The fraction of sp³-hybridized carbons (Fsp3) is 0.188. The van der Waals surface area contributed by atoms with Crippen LogP contribution in [0.5, 0.6) is 0 Å². The third-order valence-electron chi connectivity index (χ3n) is 3.00. The molecule has 0 spiro atoms. The molecule has 0 aliphatic heterocycles. The van der Waals surface area contributed by atoms with E-state index in [0.717, 1.165) is 12.3 Å². The predicted molar refractivity (Wildman–Crippen MR) is 90.5 cm³/mol. The Hall–Kier alpha value is -2.25. The summed E-state index contributed by atoms with van der Waals surface area (Å²) in [6.07, 6.45) is 2.31. The maximum Gasteiger partial charge on any atom is 0.335 e. The highest BCUT2D eigenvalue weighted by molar-refractivity contribution is 6.33. The van der Waals surface area contributed by atoms with E-state index < -0.39 is 17.6 Å². The van der Waals surface area contributed by atoms with Crippen LogP contribution in [0.1, 0.15) is 12.5 Å². The molecule has 1 N–H and O–H groups in total. The molecule has 2 heterocycles. The van der Waals surface area contributed by atoms with E-state index >= 15 is 0 Å². The zero-order valence-corrected chi connectivity index (χ0v) is 14.5. The van der Waals surface area contributed by atoms with Crippen LogP contribution < -0.4 is 5.32 Å². The molecule has 2 rings (SSSR count). The van der Waals surface area contributed by atoms with Gasteiger partial charge in [-0.1, -0.05) is 23.2 Å². The molecule has 0 fully saturated rings. The highest BCUT2D eigenvalue weighted by Gasteiger charge is 2.16. The van der Waals surface area contributed by atoms with Crippen LogP contribution in [-0.2, 0) is 16.0 Å². The van der Waals surface area contributed by atoms with Gasteiger partial charge in [-0.25, -0.2) is 23.5 Å². The number of ether oxygens (including phenoxy) is 1. The van der Waals surface area contributed by atoms with Gasteiger partial charge in [0.1, 0.15) is 16.8 Å². The van der Waals surface area contributed by atoms with Gasteiger partial charge >= 0.3 is 5.97 Å². The average molecular weight is 388 g/mol. The summed E-state index contributed by atoms with van der Waals surface area (Å²) in [4.78, 5) is 19.6. The predicted octanol–water partition coefficient (Wildman–Crippen LogP) is 4.16. The molecular formula is C16H13Cl2F2N3O2. The Bertz CT molecular complexity index is 799.